The van der Waals surface area contributed by atoms with Gasteiger partial charge in [-0.3, -0.25) is 4.79 Å². The molecular weight excluding hydrogens is 415 g/mol. The standard InChI is InChI=1S/C28H30O3P/c1-15-13-16(2)25(17(3)14-15)28(30)32(31)24-12-10-9-11-23(24)27(29)26-21(7)19(5)18(4)20(6)22(26)8/h9-14H,1-8H3/q+1. The quantitative estimate of drug-likeness (QED) is 0.325. The summed E-state index contributed by atoms with van der Waals surface area (Å²) in [6.45, 7) is 15.7. The summed E-state index contributed by atoms with van der Waals surface area (Å²) in [6, 6.07) is 10.6. The summed E-state index contributed by atoms with van der Waals surface area (Å²) in [5, 5.41) is 0.298. The molecule has 1 atom stereocenters. The summed E-state index contributed by atoms with van der Waals surface area (Å²) in [5.74, 6) is -0.185. The summed E-state index contributed by atoms with van der Waals surface area (Å²) in [7, 11) is -2.45. The van der Waals surface area contributed by atoms with Crippen LogP contribution in [0.5, 0.6) is 0 Å². The number of benzene rings is 3. The van der Waals surface area contributed by atoms with Crippen molar-refractivity contribution < 1.29 is 14.2 Å². The van der Waals surface area contributed by atoms with Gasteiger partial charge in [-0.1, -0.05) is 34.4 Å². The molecule has 0 aliphatic carbocycles. The van der Waals surface area contributed by atoms with Gasteiger partial charge in [0.1, 0.15) is 0 Å². The zero-order valence-corrected chi connectivity index (χ0v) is 21.0. The van der Waals surface area contributed by atoms with Crippen LogP contribution >= 0.6 is 7.80 Å². The van der Waals surface area contributed by atoms with E-state index in [9.17, 15) is 14.2 Å². The number of carbonyl (C=O) groups is 2. The van der Waals surface area contributed by atoms with Crippen LogP contribution in [0.15, 0.2) is 36.4 Å². The Balaban J connectivity index is 2.15. The minimum Gasteiger partial charge on any atom is -0.288 e. The minimum absolute atomic E-state index is 0.185. The third-order valence-electron chi connectivity index (χ3n) is 6.67. The molecule has 3 nitrogen and oxygen atoms in total. The van der Waals surface area contributed by atoms with Crippen molar-refractivity contribution in [1.29, 1.82) is 0 Å². The second-order valence-corrected chi connectivity index (χ2v) is 10.2. The molecule has 4 heteroatoms. The highest BCUT2D eigenvalue weighted by Gasteiger charge is 2.38. The van der Waals surface area contributed by atoms with Gasteiger partial charge in [-0.25, -0.2) is 4.79 Å². The summed E-state index contributed by atoms with van der Waals surface area (Å²) in [6.07, 6.45) is 0. The third-order valence-corrected chi connectivity index (χ3v) is 8.09. The van der Waals surface area contributed by atoms with E-state index < -0.39 is 13.3 Å². The van der Waals surface area contributed by atoms with Gasteiger partial charge in [-0.2, -0.15) is 0 Å². The maximum absolute atomic E-state index is 13.7. The highest BCUT2D eigenvalue weighted by molar-refractivity contribution is 7.71. The molecule has 32 heavy (non-hydrogen) atoms. The van der Waals surface area contributed by atoms with Gasteiger partial charge < -0.3 is 0 Å². The second kappa shape index (κ2) is 8.92. The van der Waals surface area contributed by atoms with E-state index in [1.54, 1.807) is 24.3 Å². The molecule has 0 aromatic heterocycles. The Labute approximate surface area is 191 Å². The van der Waals surface area contributed by atoms with Crippen LogP contribution in [0.25, 0.3) is 0 Å². The van der Waals surface area contributed by atoms with Crippen LogP contribution < -0.4 is 5.30 Å². The molecule has 0 saturated heterocycles. The van der Waals surface area contributed by atoms with E-state index in [1.807, 2.05) is 60.6 Å². The lowest BCUT2D eigenvalue weighted by atomic mass is 9.86. The molecule has 164 valence electrons. The van der Waals surface area contributed by atoms with E-state index >= 15 is 0 Å². The monoisotopic (exact) mass is 445 g/mol. The van der Waals surface area contributed by atoms with Crippen molar-refractivity contribution in [3.8, 4) is 0 Å². The van der Waals surface area contributed by atoms with Crippen molar-refractivity contribution in [1.82, 2.24) is 0 Å². The van der Waals surface area contributed by atoms with Gasteiger partial charge in [0, 0.05) is 5.56 Å². The fourth-order valence-corrected chi connectivity index (χ4v) is 5.94. The Morgan fingerprint density at radius 3 is 1.66 bits per heavy atom. The maximum Gasteiger partial charge on any atom is 0.459 e. The Kier molecular flexibility index (Phi) is 6.62. The van der Waals surface area contributed by atoms with Crippen molar-refractivity contribution in [3.63, 3.8) is 0 Å². The van der Waals surface area contributed by atoms with Crippen LogP contribution in [0, 0.1) is 55.4 Å². The lowest BCUT2D eigenvalue weighted by molar-refractivity contribution is 0.103. The lowest BCUT2D eigenvalue weighted by Gasteiger charge is -2.18. The molecule has 0 bridgehead atoms. The number of rotatable bonds is 5. The van der Waals surface area contributed by atoms with Crippen molar-refractivity contribution in [3.05, 3.63) is 97.6 Å². The van der Waals surface area contributed by atoms with Crippen LogP contribution in [0.1, 0.15) is 70.8 Å². The minimum atomic E-state index is -2.45. The molecule has 0 aliphatic rings. The lowest BCUT2D eigenvalue weighted by Crippen LogP contribution is -2.19. The number of aryl methyl sites for hydroxylation is 3. The molecule has 3 rings (SSSR count). The Bertz CT molecular complexity index is 1250. The van der Waals surface area contributed by atoms with Crippen LogP contribution in [0.2, 0.25) is 0 Å². The fraction of sp³-hybridized carbons (Fsp3) is 0.286. The molecule has 0 heterocycles. The SMILES string of the molecule is Cc1cc(C)c(C(=O)[P+](=O)c2ccccc2C(=O)c2c(C)c(C)c(C)c(C)c2C)c(C)c1. The first-order valence-electron chi connectivity index (χ1n) is 10.8. The molecule has 0 aliphatic heterocycles. The molecular formula is C28H30O3P+. The van der Waals surface area contributed by atoms with Gasteiger partial charge in [0.2, 0.25) is 5.30 Å². The first-order valence-corrected chi connectivity index (χ1v) is 12.0. The van der Waals surface area contributed by atoms with Gasteiger partial charge in [0.25, 0.3) is 0 Å². The molecule has 0 amide bonds. The van der Waals surface area contributed by atoms with Crippen LogP contribution in [-0.2, 0) is 4.57 Å². The van der Waals surface area contributed by atoms with E-state index in [-0.39, 0.29) is 5.78 Å². The molecule has 0 saturated carbocycles. The summed E-state index contributed by atoms with van der Waals surface area (Å²) >= 11 is 0. The van der Waals surface area contributed by atoms with Gasteiger partial charge in [0.15, 0.2) is 5.78 Å². The highest BCUT2D eigenvalue weighted by atomic mass is 31.1. The first kappa shape index (κ1) is 23.8. The number of hydrogen-bond donors (Lipinski definition) is 0. The third kappa shape index (κ3) is 3.98. The van der Waals surface area contributed by atoms with E-state index in [0.717, 1.165) is 38.9 Å². The van der Waals surface area contributed by atoms with Crippen molar-refractivity contribution in [2.45, 2.75) is 55.4 Å². The molecule has 0 spiro atoms. The van der Waals surface area contributed by atoms with E-state index in [2.05, 4.69) is 6.92 Å². The predicted octanol–water partition coefficient (Wildman–Crippen LogP) is 6.68. The molecule has 0 radical (unpaired) electrons. The summed E-state index contributed by atoms with van der Waals surface area (Å²) < 4.78 is 13.5. The van der Waals surface area contributed by atoms with Gasteiger partial charge in [0.05, 0.1) is 11.1 Å². The Morgan fingerprint density at radius 1 is 0.656 bits per heavy atom. The maximum atomic E-state index is 13.7. The van der Waals surface area contributed by atoms with E-state index in [4.69, 9.17) is 0 Å². The normalized spacial score (nSPS) is 11.4. The Morgan fingerprint density at radius 2 is 1.12 bits per heavy atom. The Hall–Kier alpha value is -2.90. The predicted molar refractivity (Wildman–Crippen MR) is 132 cm³/mol. The number of hydrogen-bond acceptors (Lipinski definition) is 3. The van der Waals surface area contributed by atoms with Crippen LogP contribution in [-0.4, -0.2) is 11.3 Å². The van der Waals surface area contributed by atoms with E-state index in [0.29, 0.717) is 22.0 Å². The summed E-state index contributed by atoms with van der Waals surface area (Å²) in [5.41, 5.74) is 8.88. The van der Waals surface area contributed by atoms with Gasteiger partial charge in [-0.05, 0) is 106 Å². The highest BCUT2D eigenvalue weighted by Crippen LogP contribution is 2.33. The molecule has 3 aromatic rings. The summed E-state index contributed by atoms with van der Waals surface area (Å²) in [4.78, 5) is 27.0. The van der Waals surface area contributed by atoms with Gasteiger partial charge in [-0.15, -0.1) is 0 Å². The average Bonchev–Trinajstić information content (AvgIpc) is 2.75. The smallest absolute Gasteiger partial charge is 0.288 e. The number of ketones is 1. The van der Waals surface area contributed by atoms with Crippen molar-refractivity contribution in [2.75, 3.05) is 0 Å². The molecule has 0 N–H and O–H groups in total. The van der Waals surface area contributed by atoms with Crippen LogP contribution in [0.4, 0.5) is 0 Å². The first-order chi connectivity index (χ1) is 15.0. The van der Waals surface area contributed by atoms with Crippen molar-refractivity contribution in [2.24, 2.45) is 0 Å². The van der Waals surface area contributed by atoms with Crippen LogP contribution in [0.3, 0.4) is 0 Å². The largest absolute Gasteiger partial charge is 0.459 e. The second-order valence-electron chi connectivity index (χ2n) is 8.72. The molecule has 3 aromatic carbocycles. The number of carbonyl (C=O) groups excluding carboxylic acids is 2. The van der Waals surface area contributed by atoms with Gasteiger partial charge >= 0.3 is 13.3 Å². The molecule has 1 unspecified atom stereocenters. The molecule has 0 fully saturated rings. The topological polar surface area (TPSA) is 51.2 Å². The fourth-order valence-electron chi connectivity index (χ4n) is 4.55. The zero-order valence-electron chi connectivity index (χ0n) is 20.1. The average molecular weight is 446 g/mol. The van der Waals surface area contributed by atoms with Crippen molar-refractivity contribution >= 4 is 24.4 Å². The van der Waals surface area contributed by atoms with E-state index in [1.165, 1.54) is 5.56 Å². The zero-order chi connectivity index (χ0) is 23.9.